The van der Waals surface area contributed by atoms with E-state index in [0.29, 0.717) is 18.7 Å². The van der Waals surface area contributed by atoms with E-state index in [-0.39, 0.29) is 5.54 Å². The number of halogens is 2. The van der Waals surface area contributed by atoms with Crippen LogP contribution in [0, 0.1) is 11.6 Å². The second kappa shape index (κ2) is 4.89. The van der Waals surface area contributed by atoms with Crippen LogP contribution in [0.15, 0.2) is 18.2 Å². The van der Waals surface area contributed by atoms with Crippen LogP contribution in [0.2, 0.25) is 0 Å². The van der Waals surface area contributed by atoms with Crippen molar-refractivity contribution in [2.45, 2.75) is 25.9 Å². The molecule has 0 aromatic heterocycles. The molecule has 1 aromatic rings. The summed E-state index contributed by atoms with van der Waals surface area (Å²) in [6.07, 6.45) is 0. The summed E-state index contributed by atoms with van der Waals surface area (Å²) in [5.74, 6) is -1.07. The molecule has 90 valence electrons. The van der Waals surface area contributed by atoms with Crippen LogP contribution in [0.4, 0.5) is 8.78 Å². The topological polar surface area (TPSA) is 29.3 Å². The Morgan fingerprint density at radius 3 is 2.44 bits per heavy atom. The van der Waals surface area contributed by atoms with E-state index in [1.54, 1.807) is 0 Å². The van der Waals surface area contributed by atoms with Gasteiger partial charge in [-0.3, -0.25) is 4.90 Å². The van der Waals surface area contributed by atoms with Crippen LogP contribution in [0.1, 0.15) is 19.4 Å². The van der Waals surface area contributed by atoms with Gasteiger partial charge in [-0.15, -0.1) is 0 Å². The third-order valence-corrected chi connectivity index (χ3v) is 2.96. The average Bonchev–Trinajstić information content (AvgIpc) is 2.22. The second-order valence-corrected chi connectivity index (χ2v) is 4.61. The molecule has 0 atom stereocenters. The highest BCUT2D eigenvalue weighted by Crippen LogP contribution is 2.17. The van der Waals surface area contributed by atoms with Crippen LogP contribution < -0.4 is 5.73 Å². The van der Waals surface area contributed by atoms with Gasteiger partial charge in [0, 0.05) is 30.3 Å². The molecule has 16 heavy (non-hydrogen) atoms. The summed E-state index contributed by atoms with van der Waals surface area (Å²) in [6.45, 7) is 4.85. The first-order valence-corrected chi connectivity index (χ1v) is 5.22. The lowest BCUT2D eigenvalue weighted by atomic mass is 10.0. The molecule has 0 saturated carbocycles. The van der Waals surface area contributed by atoms with Gasteiger partial charge in [-0.2, -0.15) is 0 Å². The zero-order chi connectivity index (χ0) is 12.3. The van der Waals surface area contributed by atoms with Gasteiger partial charge in [0.2, 0.25) is 0 Å². The number of hydrogen-bond acceptors (Lipinski definition) is 2. The molecule has 0 aliphatic carbocycles. The summed E-state index contributed by atoms with van der Waals surface area (Å²) >= 11 is 0. The number of rotatable bonds is 4. The van der Waals surface area contributed by atoms with E-state index in [4.69, 9.17) is 5.73 Å². The maximum atomic E-state index is 13.4. The summed E-state index contributed by atoms with van der Waals surface area (Å²) < 4.78 is 26.1. The van der Waals surface area contributed by atoms with Crippen LogP contribution >= 0.6 is 0 Å². The third-order valence-electron chi connectivity index (χ3n) is 2.96. The largest absolute Gasteiger partial charge is 0.329 e. The standard InChI is InChI=1S/C12H18F2N2/c1-12(2,8-15)16(3)7-9-4-5-10(13)6-11(9)14/h4-6H,7-8,15H2,1-3H3. The van der Waals surface area contributed by atoms with E-state index in [1.807, 2.05) is 25.8 Å². The van der Waals surface area contributed by atoms with Crippen molar-refractivity contribution < 1.29 is 8.78 Å². The molecule has 1 rings (SSSR count). The minimum atomic E-state index is -0.554. The van der Waals surface area contributed by atoms with Gasteiger partial charge < -0.3 is 5.73 Å². The molecule has 2 nitrogen and oxygen atoms in total. The Hall–Kier alpha value is -1.00. The van der Waals surface area contributed by atoms with Crippen molar-refractivity contribution in [2.24, 2.45) is 5.73 Å². The molecule has 0 unspecified atom stereocenters. The molecule has 0 aliphatic heterocycles. The minimum Gasteiger partial charge on any atom is -0.329 e. The Kier molecular flexibility index (Phi) is 3.99. The summed E-state index contributed by atoms with van der Waals surface area (Å²) in [5, 5.41) is 0. The van der Waals surface area contributed by atoms with Crippen LogP contribution in [0.25, 0.3) is 0 Å². The van der Waals surface area contributed by atoms with Crippen molar-refractivity contribution in [3.63, 3.8) is 0 Å². The predicted molar refractivity (Wildman–Crippen MR) is 61.0 cm³/mol. The lowest BCUT2D eigenvalue weighted by Gasteiger charge is -2.34. The first-order chi connectivity index (χ1) is 7.36. The number of nitrogens with two attached hydrogens (primary N) is 1. The highest BCUT2D eigenvalue weighted by atomic mass is 19.1. The molecule has 4 heteroatoms. The van der Waals surface area contributed by atoms with Gasteiger partial charge >= 0.3 is 0 Å². The van der Waals surface area contributed by atoms with Crippen LogP contribution in [0.3, 0.4) is 0 Å². The Balaban J connectivity index is 2.81. The minimum absolute atomic E-state index is 0.208. The van der Waals surface area contributed by atoms with Gasteiger partial charge in [-0.1, -0.05) is 6.07 Å². The van der Waals surface area contributed by atoms with E-state index in [0.717, 1.165) is 6.07 Å². The second-order valence-electron chi connectivity index (χ2n) is 4.61. The van der Waals surface area contributed by atoms with Crippen LogP contribution in [-0.4, -0.2) is 24.0 Å². The molecular weight excluding hydrogens is 210 g/mol. The fourth-order valence-corrected chi connectivity index (χ4v) is 1.28. The Morgan fingerprint density at radius 2 is 1.94 bits per heavy atom. The maximum absolute atomic E-state index is 13.4. The van der Waals surface area contributed by atoms with Gasteiger partial charge in [0.15, 0.2) is 0 Å². The van der Waals surface area contributed by atoms with Crippen LogP contribution in [0.5, 0.6) is 0 Å². The Labute approximate surface area is 95.1 Å². The van der Waals surface area contributed by atoms with Crippen molar-refractivity contribution in [3.8, 4) is 0 Å². The lowest BCUT2D eigenvalue weighted by Crippen LogP contribution is -2.46. The predicted octanol–water partition coefficient (Wildman–Crippen LogP) is 2.13. The first kappa shape index (κ1) is 13.1. The summed E-state index contributed by atoms with van der Waals surface area (Å²) in [4.78, 5) is 1.95. The molecule has 0 spiro atoms. The van der Waals surface area contributed by atoms with Crippen molar-refractivity contribution in [1.29, 1.82) is 0 Å². The van der Waals surface area contributed by atoms with Crippen molar-refractivity contribution >= 4 is 0 Å². The SMILES string of the molecule is CN(Cc1ccc(F)cc1F)C(C)(C)CN. The number of nitrogens with zero attached hydrogens (tertiary/aromatic N) is 1. The highest BCUT2D eigenvalue weighted by molar-refractivity contribution is 5.18. The molecule has 0 saturated heterocycles. The Bertz CT molecular complexity index is 364. The summed E-state index contributed by atoms with van der Waals surface area (Å²) in [5.41, 5.74) is 5.90. The quantitative estimate of drug-likeness (QED) is 0.855. The smallest absolute Gasteiger partial charge is 0.130 e. The molecule has 0 amide bonds. The molecule has 1 aromatic carbocycles. The van der Waals surface area contributed by atoms with E-state index in [1.165, 1.54) is 12.1 Å². The molecule has 2 N–H and O–H groups in total. The molecule has 0 heterocycles. The fourth-order valence-electron chi connectivity index (χ4n) is 1.28. The molecule has 0 aliphatic rings. The zero-order valence-corrected chi connectivity index (χ0v) is 9.93. The molecule has 0 bridgehead atoms. The van der Waals surface area contributed by atoms with E-state index in [9.17, 15) is 8.78 Å². The number of benzene rings is 1. The van der Waals surface area contributed by atoms with Crippen molar-refractivity contribution in [2.75, 3.05) is 13.6 Å². The molecule has 0 fully saturated rings. The lowest BCUT2D eigenvalue weighted by molar-refractivity contribution is 0.154. The normalized spacial score (nSPS) is 12.2. The van der Waals surface area contributed by atoms with Crippen LogP contribution in [-0.2, 0) is 6.54 Å². The van der Waals surface area contributed by atoms with Crippen molar-refractivity contribution in [3.05, 3.63) is 35.4 Å². The van der Waals surface area contributed by atoms with E-state index < -0.39 is 11.6 Å². The fraction of sp³-hybridized carbons (Fsp3) is 0.500. The first-order valence-electron chi connectivity index (χ1n) is 5.22. The zero-order valence-electron chi connectivity index (χ0n) is 9.93. The van der Waals surface area contributed by atoms with Gasteiger partial charge in [0.25, 0.3) is 0 Å². The van der Waals surface area contributed by atoms with Crippen molar-refractivity contribution in [1.82, 2.24) is 4.90 Å². The Morgan fingerprint density at radius 1 is 1.31 bits per heavy atom. The number of hydrogen-bond donors (Lipinski definition) is 1. The summed E-state index contributed by atoms with van der Waals surface area (Å²) in [7, 11) is 1.87. The molecule has 0 radical (unpaired) electrons. The van der Waals surface area contributed by atoms with Gasteiger partial charge in [-0.05, 0) is 27.0 Å². The van der Waals surface area contributed by atoms with Gasteiger partial charge in [0.05, 0.1) is 0 Å². The molecular formula is C12H18F2N2. The maximum Gasteiger partial charge on any atom is 0.130 e. The highest BCUT2D eigenvalue weighted by Gasteiger charge is 2.22. The summed E-state index contributed by atoms with van der Waals surface area (Å²) in [6, 6.07) is 3.63. The monoisotopic (exact) mass is 228 g/mol. The third kappa shape index (κ3) is 3.00. The van der Waals surface area contributed by atoms with Gasteiger partial charge in [0.1, 0.15) is 11.6 Å². The number of likely N-dealkylation sites (N-methyl/N-ethyl adjacent to an activating group) is 1. The van der Waals surface area contributed by atoms with Gasteiger partial charge in [-0.25, -0.2) is 8.78 Å². The van der Waals surface area contributed by atoms with E-state index in [2.05, 4.69) is 0 Å². The average molecular weight is 228 g/mol. The van der Waals surface area contributed by atoms with E-state index >= 15 is 0 Å².